The molecule has 0 saturated carbocycles. The van der Waals surface area contributed by atoms with E-state index in [1.807, 2.05) is 6.07 Å². The molecule has 2 bridgehead atoms. The number of anilines is 2. The lowest BCUT2D eigenvalue weighted by Gasteiger charge is -2.17. The lowest BCUT2D eigenvalue weighted by Crippen LogP contribution is -2.30. The van der Waals surface area contributed by atoms with Crippen molar-refractivity contribution in [3.63, 3.8) is 0 Å². The minimum atomic E-state index is -0.570. The van der Waals surface area contributed by atoms with Crippen molar-refractivity contribution in [2.45, 2.75) is 31.7 Å². The number of aromatic nitrogens is 2. The molecule has 12 nitrogen and oxygen atoms in total. The lowest BCUT2D eigenvalue weighted by molar-refractivity contribution is -0.117. The summed E-state index contributed by atoms with van der Waals surface area (Å²) in [7, 11) is 1.30. The fourth-order valence-electron chi connectivity index (χ4n) is 4.25. The Bertz CT molecular complexity index is 1410. The molecule has 3 aromatic rings. The van der Waals surface area contributed by atoms with Gasteiger partial charge in [-0.3, -0.25) is 15.1 Å². The number of carbonyl (C=O) groups excluding carboxylic acids is 2. The molecule has 0 aliphatic carbocycles. The van der Waals surface area contributed by atoms with Crippen LogP contribution >= 0.6 is 11.6 Å². The number of ether oxygens (including phenoxy) is 2. The average Bonchev–Trinajstić information content (AvgIpc) is 3.43. The lowest BCUT2D eigenvalue weighted by atomic mass is 10.1. The SMILES string of the molecule is COC(=O)Nc1ccc2c(c1)OCCCCC[C@H](NC(=O)/C=C/c1cc(Cl)ccc1N(N)/C=N\N)c1nc-2c[nH]1. The normalized spacial score (nSPS) is 15.4. The molecule has 0 radical (unpaired) electrons. The van der Waals surface area contributed by atoms with E-state index in [9.17, 15) is 9.59 Å². The van der Waals surface area contributed by atoms with Crippen molar-refractivity contribution in [1.82, 2.24) is 15.3 Å². The number of H-pyrrole nitrogens is 1. The number of aromatic amines is 1. The fourth-order valence-corrected chi connectivity index (χ4v) is 4.43. The molecule has 0 unspecified atom stereocenters. The van der Waals surface area contributed by atoms with Crippen molar-refractivity contribution in [1.29, 1.82) is 0 Å². The zero-order valence-corrected chi connectivity index (χ0v) is 22.6. The Labute approximate surface area is 236 Å². The summed E-state index contributed by atoms with van der Waals surface area (Å²) in [4.78, 5) is 32.6. The van der Waals surface area contributed by atoms with Crippen LogP contribution in [0.5, 0.6) is 5.75 Å². The number of hydrogen-bond donors (Lipinski definition) is 5. The molecule has 0 spiro atoms. The third-order valence-electron chi connectivity index (χ3n) is 6.20. The molecule has 1 atom stereocenters. The number of methoxy groups -OCH3 is 1. The highest BCUT2D eigenvalue weighted by molar-refractivity contribution is 6.30. The molecule has 2 heterocycles. The second-order valence-electron chi connectivity index (χ2n) is 8.97. The first-order valence-electron chi connectivity index (χ1n) is 12.6. The predicted octanol–water partition coefficient (Wildman–Crippen LogP) is 4.31. The highest BCUT2D eigenvalue weighted by Gasteiger charge is 2.20. The van der Waals surface area contributed by atoms with E-state index < -0.39 is 6.09 Å². The minimum Gasteiger partial charge on any atom is -0.493 e. The maximum atomic E-state index is 13.0. The van der Waals surface area contributed by atoms with Crippen LogP contribution in [0.3, 0.4) is 0 Å². The monoisotopic (exact) mass is 566 g/mol. The number of nitrogens with two attached hydrogens (primary N) is 2. The zero-order valence-electron chi connectivity index (χ0n) is 21.9. The van der Waals surface area contributed by atoms with Crippen LogP contribution in [-0.4, -0.2) is 42.0 Å². The number of nitrogens with zero attached hydrogens (tertiary/aromatic N) is 3. The van der Waals surface area contributed by atoms with Gasteiger partial charge in [0.1, 0.15) is 17.9 Å². The van der Waals surface area contributed by atoms with E-state index in [0.717, 1.165) is 24.8 Å². The summed E-state index contributed by atoms with van der Waals surface area (Å²) in [5.74, 6) is 12.1. The van der Waals surface area contributed by atoms with Gasteiger partial charge in [-0.15, -0.1) is 0 Å². The molecule has 210 valence electrons. The van der Waals surface area contributed by atoms with E-state index in [0.29, 0.717) is 52.3 Å². The molecule has 0 fully saturated rings. The van der Waals surface area contributed by atoms with Crippen LogP contribution in [-0.2, 0) is 9.53 Å². The first kappa shape index (κ1) is 28.5. The second kappa shape index (κ2) is 13.5. The van der Waals surface area contributed by atoms with Gasteiger partial charge in [-0.05, 0) is 55.7 Å². The first-order chi connectivity index (χ1) is 19.4. The Morgan fingerprint density at radius 3 is 2.90 bits per heavy atom. The number of nitrogens with one attached hydrogen (secondary N) is 3. The van der Waals surface area contributed by atoms with Crippen molar-refractivity contribution < 1.29 is 19.1 Å². The number of imidazole rings is 1. The molecule has 1 aromatic heterocycles. The smallest absolute Gasteiger partial charge is 0.411 e. The molecule has 1 aliphatic heterocycles. The summed E-state index contributed by atoms with van der Waals surface area (Å²) in [5.41, 5.74) is 3.13. The van der Waals surface area contributed by atoms with Gasteiger partial charge < -0.3 is 25.6 Å². The highest BCUT2D eigenvalue weighted by Crippen LogP contribution is 2.33. The van der Waals surface area contributed by atoms with Gasteiger partial charge in [-0.25, -0.2) is 15.6 Å². The Hall–Kier alpha value is -4.55. The average molecular weight is 567 g/mol. The van der Waals surface area contributed by atoms with E-state index >= 15 is 0 Å². The van der Waals surface area contributed by atoms with Crippen molar-refractivity contribution >= 4 is 47.4 Å². The number of carbonyl (C=O) groups is 2. The topological polar surface area (TPSA) is 173 Å². The first-order valence-corrected chi connectivity index (χ1v) is 13.0. The van der Waals surface area contributed by atoms with Gasteiger partial charge in [0.15, 0.2) is 0 Å². The largest absolute Gasteiger partial charge is 0.493 e. The van der Waals surface area contributed by atoms with Crippen LogP contribution in [0, 0.1) is 0 Å². The predicted molar refractivity (Wildman–Crippen MR) is 155 cm³/mol. The van der Waals surface area contributed by atoms with Gasteiger partial charge in [0.25, 0.3) is 0 Å². The summed E-state index contributed by atoms with van der Waals surface area (Å²) in [6.45, 7) is 0.501. The zero-order chi connectivity index (χ0) is 28.5. The number of benzene rings is 2. The summed E-state index contributed by atoms with van der Waals surface area (Å²) in [6.07, 6.45) is 8.75. The molecule has 1 aliphatic rings. The number of hydrogen-bond acceptors (Lipinski definition) is 8. The van der Waals surface area contributed by atoms with Crippen molar-refractivity contribution in [3.05, 3.63) is 65.1 Å². The van der Waals surface area contributed by atoms with Gasteiger partial charge in [0.2, 0.25) is 5.91 Å². The molecule has 2 amide bonds. The van der Waals surface area contributed by atoms with Gasteiger partial charge >= 0.3 is 6.09 Å². The van der Waals surface area contributed by atoms with E-state index in [1.165, 1.54) is 24.5 Å². The third-order valence-corrected chi connectivity index (χ3v) is 6.44. The van der Waals surface area contributed by atoms with Crippen LogP contribution in [0.2, 0.25) is 5.02 Å². The fraction of sp³-hybridized carbons (Fsp3) is 0.259. The number of halogens is 1. The summed E-state index contributed by atoms with van der Waals surface area (Å²) >= 11 is 6.16. The maximum absolute atomic E-state index is 13.0. The standard InChI is InChI=1S/C27H31ClN8O4/c1-39-27(38)33-19-8-9-20-22-15-31-26(35-22)21(5-3-2-4-12-40-24(20)14-19)34-25(37)11-6-17-13-18(28)7-10-23(17)36(30)16-32-29/h6-11,13-16,21H,2-5,12,29-30H2,1H3,(H,31,35)(H,33,38)(H,34,37)/b11-6+,32-16-/t21-/m0/s1. The quantitative estimate of drug-likeness (QED) is 0.0964. The Balaban J connectivity index is 1.55. The molecule has 13 heteroatoms. The van der Waals surface area contributed by atoms with E-state index in [1.54, 1.807) is 42.6 Å². The van der Waals surface area contributed by atoms with E-state index in [-0.39, 0.29) is 11.9 Å². The van der Waals surface area contributed by atoms with Crippen LogP contribution in [0.1, 0.15) is 43.1 Å². The Morgan fingerprint density at radius 2 is 2.10 bits per heavy atom. The van der Waals surface area contributed by atoms with Gasteiger partial charge in [0.05, 0.1) is 31.1 Å². The van der Waals surface area contributed by atoms with Gasteiger partial charge in [0, 0.05) is 40.2 Å². The van der Waals surface area contributed by atoms with Gasteiger partial charge in [-0.1, -0.05) is 18.0 Å². The Morgan fingerprint density at radius 1 is 1.25 bits per heavy atom. The third kappa shape index (κ3) is 7.30. The number of amides is 2. The van der Waals surface area contributed by atoms with Crippen molar-refractivity contribution in [2.24, 2.45) is 16.8 Å². The van der Waals surface area contributed by atoms with E-state index in [4.69, 9.17) is 33.0 Å². The second-order valence-corrected chi connectivity index (χ2v) is 9.40. The number of fused-ring (bicyclic) bond motifs is 4. The van der Waals surface area contributed by atoms with Crippen molar-refractivity contribution in [2.75, 3.05) is 24.0 Å². The molecule has 40 heavy (non-hydrogen) atoms. The molecule has 7 N–H and O–H groups in total. The molecular formula is C27H31ClN8O4. The van der Waals surface area contributed by atoms with Crippen LogP contribution in [0.4, 0.5) is 16.2 Å². The molecule has 0 saturated heterocycles. The number of hydrazone groups is 1. The van der Waals surface area contributed by atoms with Crippen LogP contribution in [0.25, 0.3) is 17.3 Å². The van der Waals surface area contributed by atoms with Crippen LogP contribution in [0.15, 0.2) is 53.8 Å². The summed E-state index contributed by atoms with van der Waals surface area (Å²) in [6, 6.07) is 10.0. The number of rotatable bonds is 6. The molecule has 2 aromatic carbocycles. The highest BCUT2D eigenvalue weighted by atomic mass is 35.5. The number of hydrazine groups is 1. The minimum absolute atomic E-state index is 0.306. The van der Waals surface area contributed by atoms with E-state index in [2.05, 4.69) is 25.5 Å². The molecular weight excluding hydrogens is 536 g/mol. The van der Waals surface area contributed by atoms with Crippen molar-refractivity contribution in [3.8, 4) is 17.0 Å². The Kier molecular flexibility index (Phi) is 9.60. The molecule has 4 rings (SSSR count). The van der Waals surface area contributed by atoms with Gasteiger partial charge in [-0.2, -0.15) is 5.10 Å². The van der Waals surface area contributed by atoms with Crippen LogP contribution < -0.4 is 32.1 Å². The summed E-state index contributed by atoms with van der Waals surface area (Å²) in [5, 5.41) is 10.9. The summed E-state index contributed by atoms with van der Waals surface area (Å²) < 4.78 is 10.7. The maximum Gasteiger partial charge on any atom is 0.411 e.